The van der Waals surface area contributed by atoms with Crippen LogP contribution in [0.15, 0.2) is 64.5 Å². The van der Waals surface area contributed by atoms with E-state index in [1.54, 1.807) is 31.3 Å². The van der Waals surface area contributed by atoms with Gasteiger partial charge in [0.15, 0.2) is 5.49 Å². The van der Waals surface area contributed by atoms with Crippen molar-refractivity contribution in [3.63, 3.8) is 0 Å². The van der Waals surface area contributed by atoms with Crippen LogP contribution in [0.5, 0.6) is 0 Å². The number of nitrogens with zero attached hydrogens (tertiary/aromatic N) is 5. The van der Waals surface area contributed by atoms with Gasteiger partial charge in [-0.25, -0.2) is 9.78 Å². The molecule has 4 heterocycles. The zero-order chi connectivity index (χ0) is 26.8. The molecule has 0 unspecified atom stereocenters. The zero-order valence-electron chi connectivity index (χ0n) is 20.4. The summed E-state index contributed by atoms with van der Waals surface area (Å²) in [5, 5.41) is 11.7. The summed E-state index contributed by atoms with van der Waals surface area (Å²) in [5.41, 5.74) is -0.810. The number of esters is 1. The molecule has 5 rings (SSSR count). The predicted octanol–water partition coefficient (Wildman–Crippen LogP) is 2.65. The molecule has 0 radical (unpaired) electrons. The second-order valence-corrected chi connectivity index (χ2v) is 8.62. The van der Waals surface area contributed by atoms with Crippen molar-refractivity contribution >= 4 is 34.2 Å². The zero-order valence-corrected chi connectivity index (χ0v) is 20.4. The lowest BCUT2D eigenvalue weighted by Crippen LogP contribution is -2.35. The van der Waals surface area contributed by atoms with Gasteiger partial charge < -0.3 is 14.0 Å². The van der Waals surface area contributed by atoms with E-state index in [1.165, 1.54) is 39.3 Å². The first-order chi connectivity index (χ1) is 18.4. The highest BCUT2D eigenvalue weighted by atomic mass is 16.6. The Hall–Kier alpha value is -4.71. The minimum Gasteiger partial charge on any atom is -0.462 e. The number of benzene rings is 1. The normalized spacial score (nSPS) is 15.7. The van der Waals surface area contributed by atoms with Gasteiger partial charge in [0.2, 0.25) is 0 Å². The molecule has 0 aliphatic carbocycles. The highest BCUT2D eigenvalue weighted by Crippen LogP contribution is 2.20. The van der Waals surface area contributed by atoms with Crippen molar-refractivity contribution < 1.29 is 24.0 Å². The maximum absolute atomic E-state index is 13.4. The van der Waals surface area contributed by atoms with Gasteiger partial charge in [-0.2, -0.15) is 4.99 Å². The van der Waals surface area contributed by atoms with E-state index in [4.69, 9.17) is 9.47 Å². The molecule has 1 fully saturated rings. The van der Waals surface area contributed by atoms with Crippen molar-refractivity contribution in [3.8, 4) is 0 Å². The summed E-state index contributed by atoms with van der Waals surface area (Å²) in [6.07, 6.45) is 2.81. The average Bonchev–Trinajstić information content (AvgIpc) is 3.43. The number of para-hydroxylation sites is 1. The Balaban J connectivity index is 1.87. The van der Waals surface area contributed by atoms with Crippen LogP contribution in [-0.4, -0.2) is 50.1 Å². The molecule has 12 nitrogen and oxygen atoms in total. The van der Waals surface area contributed by atoms with Crippen LogP contribution in [0.25, 0.3) is 16.7 Å². The fourth-order valence-electron chi connectivity index (χ4n) is 4.49. The maximum Gasteiger partial charge on any atom is 0.341 e. The molecule has 0 N–H and O–H groups in total. The van der Waals surface area contributed by atoms with Crippen LogP contribution in [0.3, 0.4) is 0 Å². The Kier molecular flexibility index (Phi) is 6.79. The molecule has 1 saturated heterocycles. The number of carbonyl (C=O) groups excluding carboxylic acids is 2. The van der Waals surface area contributed by atoms with Gasteiger partial charge in [0.05, 0.1) is 29.6 Å². The fraction of sp³-hybridized carbons (Fsp3) is 0.269. The summed E-state index contributed by atoms with van der Waals surface area (Å²) in [6.45, 7) is 2.34. The number of ether oxygens (including phenoxy) is 2. The van der Waals surface area contributed by atoms with Gasteiger partial charge in [-0.05, 0) is 44.0 Å². The number of rotatable bonds is 6. The van der Waals surface area contributed by atoms with Crippen molar-refractivity contribution in [2.75, 3.05) is 13.2 Å². The van der Waals surface area contributed by atoms with E-state index in [9.17, 15) is 24.5 Å². The number of pyridine rings is 2. The maximum atomic E-state index is 13.4. The lowest BCUT2D eigenvalue weighted by molar-refractivity contribution is -0.385. The summed E-state index contributed by atoms with van der Waals surface area (Å²) in [6, 6.07) is 11.8. The van der Waals surface area contributed by atoms with Crippen LogP contribution in [0.4, 0.5) is 5.69 Å². The van der Waals surface area contributed by atoms with Gasteiger partial charge in [0, 0.05) is 18.9 Å². The van der Waals surface area contributed by atoms with Crippen molar-refractivity contribution in [1.29, 1.82) is 0 Å². The van der Waals surface area contributed by atoms with E-state index in [-0.39, 0.29) is 46.9 Å². The Bertz CT molecular complexity index is 1720. The van der Waals surface area contributed by atoms with E-state index < -0.39 is 28.0 Å². The molecule has 3 aromatic heterocycles. The third-order valence-electron chi connectivity index (χ3n) is 6.23. The summed E-state index contributed by atoms with van der Waals surface area (Å²) >= 11 is 0. The number of hydrogen-bond donors (Lipinski definition) is 0. The molecular formula is C26H23N5O7. The molecule has 0 spiro atoms. The van der Waals surface area contributed by atoms with Gasteiger partial charge in [0.25, 0.3) is 17.2 Å². The number of nitro groups is 1. The first-order valence-electron chi connectivity index (χ1n) is 12.0. The van der Waals surface area contributed by atoms with Crippen LogP contribution in [0.1, 0.15) is 40.5 Å². The van der Waals surface area contributed by atoms with Crippen molar-refractivity contribution in [1.82, 2.24) is 14.0 Å². The Morgan fingerprint density at radius 3 is 2.74 bits per heavy atom. The molecule has 12 heteroatoms. The van der Waals surface area contributed by atoms with Gasteiger partial charge >= 0.3 is 5.97 Å². The monoisotopic (exact) mass is 517 g/mol. The van der Waals surface area contributed by atoms with Crippen LogP contribution in [-0.2, 0) is 16.0 Å². The van der Waals surface area contributed by atoms with Gasteiger partial charge in [-0.3, -0.25) is 24.1 Å². The van der Waals surface area contributed by atoms with Gasteiger partial charge in [-0.1, -0.05) is 18.2 Å². The second kappa shape index (κ2) is 10.3. The molecule has 1 atom stereocenters. The smallest absolute Gasteiger partial charge is 0.341 e. The number of fused-ring (bicyclic) bond motifs is 2. The van der Waals surface area contributed by atoms with E-state index in [0.29, 0.717) is 18.7 Å². The molecule has 4 aromatic rings. The largest absolute Gasteiger partial charge is 0.462 e. The Morgan fingerprint density at radius 1 is 1.21 bits per heavy atom. The lowest BCUT2D eigenvalue weighted by atomic mass is 10.1. The number of amides is 1. The first-order valence-corrected chi connectivity index (χ1v) is 12.0. The highest BCUT2D eigenvalue weighted by molar-refractivity contribution is 6.00. The van der Waals surface area contributed by atoms with Crippen LogP contribution >= 0.6 is 0 Å². The van der Waals surface area contributed by atoms with Crippen molar-refractivity contribution in [2.45, 2.75) is 32.4 Å². The molecule has 0 saturated carbocycles. The fourth-order valence-corrected chi connectivity index (χ4v) is 4.49. The predicted molar refractivity (Wildman–Crippen MR) is 135 cm³/mol. The summed E-state index contributed by atoms with van der Waals surface area (Å²) in [7, 11) is 0. The SMILES string of the molecule is CCOC(=O)c1cc2c(=O)n3ccccc3nc2n(C[C@H]2CCCO2)c1=NC(=O)c1ccccc1[N+](=O)[O-]. The standard InChI is InChI=1S/C26H23N5O7/c1-2-37-26(34)19-14-18-22(27-21-11-5-6-12-29(21)25(18)33)30(15-16-8-7-13-38-16)23(19)28-24(32)17-9-3-4-10-20(17)31(35)36/h3-6,9-12,14,16H,2,7-8,13,15H2,1H3/t16-/m1/s1. The van der Waals surface area contributed by atoms with E-state index in [1.807, 2.05) is 0 Å². The molecule has 194 valence electrons. The molecule has 0 bridgehead atoms. The quantitative estimate of drug-likeness (QED) is 0.164. The lowest BCUT2D eigenvalue weighted by Gasteiger charge is -2.18. The van der Waals surface area contributed by atoms with Crippen molar-refractivity contribution in [2.24, 2.45) is 4.99 Å². The first kappa shape index (κ1) is 25.0. The summed E-state index contributed by atoms with van der Waals surface area (Å²) < 4.78 is 13.9. The minimum atomic E-state index is -0.930. The van der Waals surface area contributed by atoms with Gasteiger partial charge in [-0.15, -0.1) is 0 Å². The van der Waals surface area contributed by atoms with Crippen LogP contribution in [0, 0.1) is 10.1 Å². The van der Waals surface area contributed by atoms with Gasteiger partial charge in [0.1, 0.15) is 22.4 Å². The van der Waals surface area contributed by atoms with E-state index >= 15 is 0 Å². The second-order valence-electron chi connectivity index (χ2n) is 8.62. The molecule has 1 aromatic carbocycles. The van der Waals surface area contributed by atoms with Crippen LogP contribution in [0.2, 0.25) is 0 Å². The molecule has 1 aliphatic rings. The van der Waals surface area contributed by atoms with E-state index in [2.05, 4.69) is 9.98 Å². The molecule has 38 heavy (non-hydrogen) atoms. The average molecular weight is 517 g/mol. The number of nitro benzene ring substituents is 1. The van der Waals surface area contributed by atoms with Crippen LogP contribution < -0.4 is 11.0 Å². The topological polar surface area (TPSA) is 147 Å². The number of aromatic nitrogens is 3. The highest BCUT2D eigenvalue weighted by Gasteiger charge is 2.25. The molecule has 1 aliphatic heterocycles. The Labute approximate surface area is 214 Å². The minimum absolute atomic E-state index is 0.0368. The molecule has 1 amide bonds. The number of hydrogen-bond acceptors (Lipinski definition) is 8. The van der Waals surface area contributed by atoms with E-state index in [0.717, 1.165) is 6.42 Å². The third-order valence-corrected chi connectivity index (χ3v) is 6.23. The summed E-state index contributed by atoms with van der Waals surface area (Å²) in [5.74, 6) is -1.73. The molecular weight excluding hydrogens is 494 g/mol. The summed E-state index contributed by atoms with van der Waals surface area (Å²) in [4.78, 5) is 59.6. The Morgan fingerprint density at radius 2 is 2.00 bits per heavy atom. The van der Waals surface area contributed by atoms with Crippen molar-refractivity contribution in [3.05, 3.63) is 91.8 Å². The third kappa shape index (κ3) is 4.57. The number of carbonyl (C=O) groups is 2.